The van der Waals surface area contributed by atoms with Crippen LogP contribution in [0, 0.1) is 0 Å². The van der Waals surface area contributed by atoms with Gasteiger partial charge in [0, 0.05) is 23.6 Å². The van der Waals surface area contributed by atoms with Crippen LogP contribution in [0.15, 0.2) is 60.9 Å². The molecule has 1 aliphatic heterocycles. The van der Waals surface area contributed by atoms with Crippen LogP contribution in [-0.4, -0.2) is 54.1 Å². The van der Waals surface area contributed by atoms with Gasteiger partial charge in [-0.3, -0.25) is 4.98 Å². The molecule has 30 heavy (non-hydrogen) atoms. The number of aromatic nitrogens is 4. The van der Waals surface area contributed by atoms with Gasteiger partial charge in [0.1, 0.15) is 23.1 Å². The minimum Gasteiger partial charge on any atom is -0.506 e. The van der Waals surface area contributed by atoms with Gasteiger partial charge in [-0.2, -0.15) is 0 Å². The van der Waals surface area contributed by atoms with Crippen LogP contribution in [0.1, 0.15) is 18.1 Å². The molecule has 0 bridgehead atoms. The Labute approximate surface area is 172 Å². The number of benzene rings is 2. The fourth-order valence-electron chi connectivity index (χ4n) is 3.83. The smallest absolute Gasteiger partial charge is 0.141 e. The molecular formula is C22H20N4O4. The van der Waals surface area contributed by atoms with Gasteiger partial charge in [-0.05, 0) is 29.8 Å². The first-order valence-corrected chi connectivity index (χ1v) is 9.68. The molecule has 0 aliphatic carbocycles. The number of fused-ring (bicyclic) bond motifs is 1. The third-order valence-electron chi connectivity index (χ3n) is 5.45. The van der Waals surface area contributed by atoms with Gasteiger partial charge < -0.3 is 20.1 Å². The Balaban J connectivity index is 1.42. The maximum absolute atomic E-state index is 10.0. The van der Waals surface area contributed by atoms with E-state index in [0.717, 1.165) is 22.2 Å². The average molecular weight is 404 g/mol. The van der Waals surface area contributed by atoms with Crippen molar-refractivity contribution in [3.05, 3.63) is 66.5 Å². The van der Waals surface area contributed by atoms with E-state index in [4.69, 9.17) is 4.74 Å². The van der Waals surface area contributed by atoms with E-state index in [2.05, 4.69) is 15.3 Å². The molecule has 1 saturated heterocycles. The fourth-order valence-corrected chi connectivity index (χ4v) is 3.83. The Morgan fingerprint density at radius 2 is 1.93 bits per heavy atom. The van der Waals surface area contributed by atoms with Gasteiger partial charge in [0.15, 0.2) is 0 Å². The van der Waals surface area contributed by atoms with Crippen LogP contribution in [0.3, 0.4) is 0 Å². The lowest BCUT2D eigenvalue weighted by Gasteiger charge is -2.12. The first kappa shape index (κ1) is 18.7. The summed E-state index contributed by atoms with van der Waals surface area (Å²) in [5, 5.41) is 38.5. The fraction of sp³-hybridized carbons (Fsp3) is 0.227. The van der Waals surface area contributed by atoms with Crippen LogP contribution in [0.25, 0.3) is 27.8 Å². The number of aromatic hydroxyl groups is 1. The monoisotopic (exact) mass is 404 g/mol. The predicted octanol–water partition coefficient (Wildman–Crippen LogP) is 2.37. The Bertz CT molecular complexity index is 1190. The summed E-state index contributed by atoms with van der Waals surface area (Å²) in [6.45, 7) is -0.194. The van der Waals surface area contributed by atoms with Crippen molar-refractivity contribution in [1.29, 1.82) is 0 Å². The van der Waals surface area contributed by atoms with Crippen molar-refractivity contribution in [1.82, 2.24) is 20.0 Å². The molecule has 0 amide bonds. The van der Waals surface area contributed by atoms with Crippen LogP contribution in [0.4, 0.5) is 0 Å². The SMILES string of the molecule is OC[C@H]1O[C@H](c2ccc(-c3cn(-c4ccc(O)c5ncccc45)nn3)cc2)C[C@@H]1O. The zero-order valence-corrected chi connectivity index (χ0v) is 16.0. The average Bonchev–Trinajstić information content (AvgIpc) is 3.41. The van der Waals surface area contributed by atoms with Crippen molar-refractivity contribution in [3.8, 4) is 22.7 Å². The number of hydrogen-bond donors (Lipinski definition) is 3. The molecule has 0 spiro atoms. The summed E-state index contributed by atoms with van der Waals surface area (Å²) in [5.41, 5.74) is 3.82. The molecule has 1 fully saturated rings. The number of hydrogen-bond acceptors (Lipinski definition) is 7. The van der Waals surface area contributed by atoms with E-state index in [0.29, 0.717) is 17.6 Å². The third-order valence-corrected chi connectivity index (χ3v) is 5.45. The van der Waals surface area contributed by atoms with E-state index in [1.54, 1.807) is 23.0 Å². The molecule has 4 aromatic rings. The highest BCUT2D eigenvalue weighted by molar-refractivity contribution is 5.91. The van der Waals surface area contributed by atoms with Crippen LogP contribution in [0.2, 0.25) is 0 Å². The van der Waals surface area contributed by atoms with Gasteiger partial charge in [0.25, 0.3) is 0 Å². The number of aliphatic hydroxyl groups excluding tert-OH is 2. The number of phenolic OH excluding ortho intramolecular Hbond substituents is 1. The Morgan fingerprint density at radius 1 is 1.10 bits per heavy atom. The zero-order chi connectivity index (χ0) is 20.7. The van der Waals surface area contributed by atoms with E-state index in [1.807, 2.05) is 42.6 Å². The molecule has 0 saturated carbocycles. The number of pyridine rings is 1. The maximum atomic E-state index is 10.0. The van der Waals surface area contributed by atoms with Gasteiger partial charge in [0.2, 0.25) is 0 Å². The van der Waals surface area contributed by atoms with E-state index in [1.165, 1.54) is 0 Å². The lowest BCUT2D eigenvalue weighted by molar-refractivity contribution is -0.0225. The minimum absolute atomic E-state index is 0.118. The quantitative estimate of drug-likeness (QED) is 0.478. The Morgan fingerprint density at radius 3 is 2.70 bits per heavy atom. The molecule has 3 N–H and O–H groups in total. The number of nitrogens with zero attached hydrogens (tertiary/aromatic N) is 4. The topological polar surface area (TPSA) is 114 Å². The van der Waals surface area contributed by atoms with Crippen molar-refractivity contribution >= 4 is 10.9 Å². The van der Waals surface area contributed by atoms with Crippen LogP contribution in [0.5, 0.6) is 5.75 Å². The molecule has 152 valence electrons. The van der Waals surface area contributed by atoms with E-state index in [-0.39, 0.29) is 18.5 Å². The molecule has 5 rings (SSSR count). The minimum atomic E-state index is -0.658. The maximum Gasteiger partial charge on any atom is 0.141 e. The summed E-state index contributed by atoms with van der Waals surface area (Å²) < 4.78 is 7.37. The van der Waals surface area contributed by atoms with E-state index >= 15 is 0 Å². The molecule has 2 aromatic carbocycles. The van der Waals surface area contributed by atoms with Gasteiger partial charge >= 0.3 is 0 Å². The summed E-state index contributed by atoms with van der Waals surface area (Å²) in [6, 6.07) is 14.8. The number of ether oxygens (including phenoxy) is 1. The van der Waals surface area contributed by atoms with Crippen molar-refractivity contribution in [2.45, 2.75) is 24.7 Å². The molecule has 8 heteroatoms. The van der Waals surface area contributed by atoms with Crippen molar-refractivity contribution < 1.29 is 20.1 Å². The lowest BCUT2D eigenvalue weighted by Crippen LogP contribution is -2.24. The summed E-state index contributed by atoms with van der Waals surface area (Å²) >= 11 is 0. The van der Waals surface area contributed by atoms with Crippen LogP contribution < -0.4 is 0 Å². The summed E-state index contributed by atoms with van der Waals surface area (Å²) in [6.07, 6.45) is 2.49. The molecule has 0 radical (unpaired) electrons. The molecule has 1 aliphatic rings. The predicted molar refractivity (Wildman–Crippen MR) is 109 cm³/mol. The molecule has 3 heterocycles. The van der Waals surface area contributed by atoms with Crippen LogP contribution >= 0.6 is 0 Å². The van der Waals surface area contributed by atoms with Crippen molar-refractivity contribution in [3.63, 3.8) is 0 Å². The highest BCUT2D eigenvalue weighted by Gasteiger charge is 2.34. The molecule has 2 aromatic heterocycles. The second-order valence-electron chi connectivity index (χ2n) is 7.32. The largest absolute Gasteiger partial charge is 0.506 e. The number of aliphatic hydroxyl groups is 2. The first-order valence-electron chi connectivity index (χ1n) is 9.68. The Hall–Kier alpha value is -3.33. The summed E-state index contributed by atoms with van der Waals surface area (Å²) in [5.74, 6) is 0.118. The van der Waals surface area contributed by atoms with Crippen molar-refractivity contribution in [2.75, 3.05) is 6.61 Å². The summed E-state index contributed by atoms with van der Waals surface area (Å²) in [4.78, 5) is 4.24. The van der Waals surface area contributed by atoms with E-state index in [9.17, 15) is 15.3 Å². The molecule has 0 unspecified atom stereocenters. The highest BCUT2D eigenvalue weighted by atomic mass is 16.5. The molecule has 3 atom stereocenters. The third kappa shape index (κ3) is 3.21. The second kappa shape index (κ2) is 7.49. The normalized spacial score (nSPS) is 21.3. The zero-order valence-electron chi connectivity index (χ0n) is 16.0. The standard InChI is InChI=1S/C22H20N4O4/c27-12-21-19(29)10-20(30-21)14-5-3-13(4-6-14)16-11-26(25-24-16)17-7-8-18(28)22-15(17)2-1-9-23-22/h1-9,11,19-21,27-29H,10,12H2/t19-,20-,21+/m0/s1. The second-order valence-corrected chi connectivity index (χ2v) is 7.32. The van der Waals surface area contributed by atoms with E-state index < -0.39 is 12.2 Å². The van der Waals surface area contributed by atoms with Crippen molar-refractivity contribution in [2.24, 2.45) is 0 Å². The Kier molecular flexibility index (Phi) is 4.66. The van der Waals surface area contributed by atoms with Gasteiger partial charge in [-0.25, -0.2) is 4.68 Å². The van der Waals surface area contributed by atoms with Gasteiger partial charge in [-0.15, -0.1) is 5.10 Å². The van der Waals surface area contributed by atoms with Crippen LogP contribution in [-0.2, 0) is 4.74 Å². The van der Waals surface area contributed by atoms with Gasteiger partial charge in [-0.1, -0.05) is 29.5 Å². The highest BCUT2D eigenvalue weighted by Crippen LogP contribution is 2.34. The first-order chi connectivity index (χ1) is 14.6. The molecular weight excluding hydrogens is 384 g/mol. The lowest BCUT2D eigenvalue weighted by atomic mass is 10.0. The van der Waals surface area contributed by atoms with Gasteiger partial charge in [0.05, 0.1) is 30.7 Å². The molecule has 8 nitrogen and oxygen atoms in total. The number of phenols is 1. The summed E-state index contributed by atoms with van der Waals surface area (Å²) in [7, 11) is 0. The number of rotatable bonds is 4.